The fraction of sp³-hybridized carbons (Fsp3) is 0.619. The molecule has 1 saturated heterocycles. The zero-order valence-corrected chi connectivity index (χ0v) is 17.3. The van der Waals surface area contributed by atoms with E-state index in [0.717, 1.165) is 24.0 Å². The van der Waals surface area contributed by atoms with Gasteiger partial charge in [-0.1, -0.05) is 12.8 Å². The van der Waals surface area contributed by atoms with Crippen molar-refractivity contribution in [2.45, 2.75) is 62.0 Å². The van der Waals surface area contributed by atoms with Crippen LogP contribution in [0, 0.1) is 0 Å². The van der Waals surface area contributed by atoms with Gasteiger partial charge in [0.05, 0.1) is 23.2 Å². The molecule has 5 nitrogen and oxygen atoms in total. The summed E-state index contributed by atoms with van der Waals surface area (Å²) < 4.78 is 25.0. The number of anilines is 1. The van der Waals surface area contributed by atoms with Crippen LogP contribution in [0.15, 0.2) is 23.0 Å². The van der Waals surface area contributed by atoms with Gasteiger partial charge in [0.25, 0.3) is 12.0 Å². The van der Waals surface area contributed by atoms with Crippen LogP contribution in [0.5, 0.6) is 0 Å². The lowest BCUT2D eigenvalue weighted by molar-refractivity contribution is 0.0796. The molecule has 1 saturated carbocycles. The van der Waals surface area contributed by atoms with Gasteiger partial charge in [-0.2, -0.15) is 11.8 Å². The van der Waals surface area contributed by atoms with Crippen LogP contribution in [-0.2, 0) is 5.75 Å². The minimum Gasteiger partial charge on any atom is -0.382 e. The molecule has 0 atom stereocenters. The maximum absolute atomic E-state index is 12.5. The highest BCUT2D eigenvalue weighted by Crippen LogP contribution is 2.27. The lowest BCUT2D eigenvalue weighted by atomic mass is 10.1. The number of rotatable bonds is 7. The summed E-state index contributed by atoms with van der Waals surface area (Å²) in [6.07, 6.45) is 4.45. The molecular formula is C21H28F2N4OS. The van der Waals surface area contributed by atoms with Gasteiger partial charge in [0, 0.05) is 17.0 Å². The number of halogens is 2. The molecule has 158 valence electrons. The number of H-pyrrole nitrogens is 1. The largest absolute Gasteiger partial charge is 0.382 e. The third kappa shape index (κ3) is 5.48. The normalized spacial score (nSPS) is 19.4. The zero-order valence-electron chi connectivity index (χ0n) is 16.5. The Labute approximate surface area is 173 Å². The van der Waals surface area contributed by atoms with Crippen LogP contribution in [0.1, 0.15) is 44.3 Å². The summed E-state index contributed by atoms with van der Waals surface area (Å²) in [6.45, 7) is 1.29. The summed E-state index contributed by atoms with van der Waals surface area (Å²) in [4.78, 5) is 21.9. The Balaban J connectivity index is 1.38. The predicted molar refractivity (Wildman–Crippen MR) is 115 cm³/mol. The summed E-state index contributed by atoms with van der Waals surface area (Å²) in [5, 5.41) is 4.58. The van der Waals surface area contributed by atoms with Gasteiger partial charge in [0.2, 0.25) is 0 Å². The minimum absolute atomic E-state index is 0.107. The molecule has 2 aromatic rings. The van der Waals surface area contributed by atoms with Gasteiger partial charge < -0.3 is 10.3 Å². The van der Waals surface area contributed by atoms with Crippen LogP contribution >= 0.6 is 11.8 Å². The van der Waals surface area contributed by atoms with Crippen LogP contribution in [0.4, 0.5) is 14.5 Å². The van der Waals surface area contributed by atoms with Crippen LogP contribution in [0.2, 0.25) is 0 Å². The zero-order chi connectivity index (χ0) is 20.2. The molecule has 4 rings (SSSR count). The molecule has 1 aliphatic heterocycles. The predicted octanol–water partition coefficient (Wildman–Crippen LogP) is 4.24. The first-order chi connectivity index (χ1) is 14.1. The Morgan fingerprint density at radius 1 is 1.21 bits per heavy atom. The second kappa shape index (κ2) is 9.43. The lowest BCUT2D eigenvalue weighted by Crippen LogP contribution is -2.37. The fourth-order valence-electron chi connectivity index (χ4n) is 4.30. The first-order valence-corrected chi connectivity index (χ1v) is 11.5. The van der Waals surface area contributed by atoms with E-state index in [1.165, 1.54) is 25.7 Å². The first kappa shape index (κ1) is 20.6. The quantitative estimate of drug-likeness (QED) is 0.699. The molecule has 0 unspecified atom stereocenters. The molecule has 0 radical (unpaired) electrons. The molecule has 2 aliphatic rings. The molecule has 0 amide bonds. The molecule has 2 heterocycles. The van der Waals surface area contributed by atoms with Crippen molar-refractivity contribution >= 4 is 28.4 Å². The fourth-order valence-corrected chi connectivity index (χ4v) is 5.38. The van der Waals surface area contributed by atoms with E-state index in [2.05, 4.69) is 15.3 Å². The van der Waals surface area contributed by atoms with E-state index in [1.54, 1.807) is 11.8 Å². The van der Waals surface area contributed by atoms with Crippen LogP contribution in [0.25, 0.3) is 10.9 Å². The minimum atomic E-state index is -2.26. The smallest absolute Gasteiger partial charge is 0.258 e. The number of fused-ring (bicyclic) bond motifs is 1. The van der Waals surface area contributed by atoms with Crippen molar-refractivity contribution in [3.8, 4) is 0 Å². The average Bonchev–Trinajstić information content (AvgIpc) is 3.20. The van der Waals surface area contributed by atoms with Crippen molar-refractivity contribution in [1.82, 2.24) is 14.9 Å². The highest BCUT2D eigenvalue weighted by atomic mass is 32.2. The topological polar surface area (TPSA) is 61.0 Å². The number of benzene rings is 1. The van der Waals surface area contributed by atoms with Gasteiger partial charge in [-0.25, -0.2) is 13.8 Å². The van der Waals surface area contributed by atoms with E-state index in [-0.39, 0.29) is 12.1 Å². The van der Waals surface area contributed by atoms with E-state index in [1.807, 2.05) is 23.1 Å². The molecule has 8 heteroatoms. The Morgan fingerprint density at radius 3 is 2.69 bits per heavy atom. The van der Waals surface area contributed by atoms with Crippen molar-refractivity contribution in [2.75, 3.05) is 25.0 Å². The second-order valence-electron chi connectivity index (χ2n) is 8.07. The summed E-state index contributed by atoms with van der Waals surface area (Å²) in [5.41, 5.74) is 1.64. The van der Waals surface area contributed by atoms with Gasteiger partial charge in [0.15, 0.2) is 0 Å². The highest BCUT2D eigenvalue weighted by molar-refractivity contribution is 7.99. The van der Waals surface area contributed by atoms with Gasteiger partial charge >= 0.3 is 0 Å². The third-order valence-corrected chi connectivity index (χ3v) is 7.25. The standard InChI is InChI=1S/C21H28F2N4OS/c22-19(23)12-27-9-7-16(8-10-27)29-13-20-25-18-11-15(24-14-3-1-2-4-14)5-6-17(18)21(28)26-20/h5-6,11,14,16,19,24H,1-4,7-10,12-13H2,(H,25,26,28). The number of nitrogens with one attached hydrogen (secondary N) is 2. The lowest BCUT2D eigenvalue weighted by Gasteiger charge is -2.31. The number of hydrogen-bond acceptors (Lipinski definition) is 5. The van der Waals surface area contributed by atoms with E-state index in [9.17, 15) is 13.6 Å². The number of hydrogen-bond donors (Lipinski definition) is 2. The molecule has 29 heavy (non-hydrogen) atoms. The average molecular weight is 423 g/mol. The summed E-state index contributed by atoms with van der Waals surface area (Å²) >= 11 is 1.76. The van der Waals surface area contributed by atoms with Crippen molar-refractivity contribution in [1.29, 1.82) is 0 Å². The SMILES string of the molecule is O=c1[nH]c(CSC2CCN(CC(F)F)CC2)nc2cc(NC3CCCC3)ccc12. The number of piperidine rings is 1. The monoisotopic (exact) mass is 422 g/mol. The maximum Gasteiger partial charge on any atom is 0.258 e. The Hall–Kier alpha value is -1.67. The van der Waals surface area contributed by atoms with Crippen LogP contribution in [-0.4, -0.2) is 52.2 Å². The van der Waals surface area contributed by atoms with Crippen LogP contribution in [0.3, 0.4) is 0 Å². The maximum atomic E-state index is 12.5. The van der Waals surface area contributed by atoms with Crippen LogP contribution < -0.4 is 10.9 Å². The number of likely N-dealkylation sites (tertiary alicyclic amines) is 1. The number of thioether (sulfide) groups is 1. The Bertz CT molecular complexity index is 877. The second-order valence-corrected chi connectivity index (χ2v) is 9.36. The van der Waals surface area contributed by atoms with Gasteiger partial charge in [-0.15, -0.1) is 0 Å². The molecule has 1 aromatic carbocycles. The first-order valence-electron chi connectivity index (χ1n) is 10.5. The molecule has 1 aliphatic carbocycles. The molecular weight excluding hydrogens is 394 g/mol. The van der Waals surface area contributed by atoms with Gasteiger partial charge in [0.1, 0.15) is 5.82 Å². The molecule has 2 N–H and O–H groups in total. The van der Waals surface area contributed by atoms with Crippen molar-refractivity contribution in [3.63, 3.8) is 0 Å². The van der Waals surface area contributed by atoms with E-state index in [4.69, 9.17) is 0 Å². The third-order valence-electron chi connectivity index (χ3n) is 5.87. The van der Waals surface area contributed by atoms with E-state index in [0.29, 0.717) is 41.3 Å². The van der Waals surface area contributed by atoms with Crippen molar-refractivity contribution in [2.24, 2.45) is 0 Å². The van der Waals surface area contributed by atoms with E-state index >= 15 is 0 Å². The molecule has 0 spiro atoms. The van der Waals surface area contributed by atoms with Crippen molar-refractivity contribution < 1.29 is 8.78 Å². The number of alkyl halides is 2. The Morgan fingerprint density at radius 2 is 1.97 bits per heavy atom. The van der Waals surface area contributed by atoms with Gasteiger partial charge in [-0.3, -0.25) is 9.69 Å². The molecule has 2 fully saturated rings. The molecule has 1 aromatic heterocycles. The number of aromatic nitrogens is 2. The van der Waals surface area contributed by atoms with E-state index < -0.39 is 6.43 Å². The number of aromatic amines is 1. The molecule has 0 bridgehead atoms. The highest BCUT2D eigenvalue weighted by Gasteiger charge is 2.22. The van der Waals surface area contributed by atoms with Gasteiger partial charge in [-0.05, 0) is 57.0 Å². The summed E-state index contributed by atoms with van der Waals surface area (Å²) in [7, 11) is 0. The number of nitrogens with zero attached hydrogens (tertiary/aromatic N) is 2. The summed E-state index contributed by atoms with van der Waals surface area (Å²) in [5.74, 6) is 1.31. The summed E-state index contributed by atoms with van der Waals surface area (Å²) in [6, 6.07) is 6.29. The Kier molecular flexibility index (Phi) is 6.70. The van der Waals surface area contributed by atoms with Crippen molar-refractivity contribution in [3.05, 3.63) is 34.4 Å².